The molecule has 0 aliphatic carbocycles. The maximum absolute atomic E-state index is 11.9. The average molecular weight is 333 g/mol. The first kappa shape index (κ1) is 17.8. The Morgan fingerprint density at radius 1 is 1.19 bits per heavy atom. The van der Waals surface area contributed by atoms with E-state index in [1.807, 2.05) is 0 Å². The van der Waals surface area contributed by atoms with Crippen LogP contribution in [-0.2, 0) is 9.59 Å². The number of amides is 1. The quantitative estimate of drug-likeness (QED) is 0.716. The normalized spacial score (nSPS) is 11.2. The van der Waals surface area contributed by atoms with Crippen LogP contribution in [0.2, 0.25) is 10.0 Å². The zero-order chi connectivity index (χ0) is 16.0. The largest absolute Gasteiger partial charge is 0.480 e. The molecule has 3 N–H and O–H groups in total. The minimum atomic E-state index is -1.11. The third-order valence-electron chi connectivity index (χ3n) is 3.43. The molecule has 0 bridgehead atoms. The fourth-order valence-corrected chi connectivity index (χ4v) is 2.42. The lowest BCUT2D eigenvalue weighted by atomic mass is 9.93. The van der Waals surface area contributed by atoms with Gasteiger partial charge in [-0.2, -0.15) is 0 Å². The van der Waals surface area contributed by atoms with Crippen LogP contribution in [-0.4, -0.2) is 29.1 Å². The number of nitrogens with one attached hydrogen (secondary N) is 2. The summed E-state index contributed by atoms with van der Waals surface area (Å²) in [4.78, 5) is 23.3. The van der Waals surface area contributed by atoms with E-state index in [4.69, 9.17) is 23.2 Å². The molecule has 0 aromatic heterocycles. The number of carboxylic acid groups (broad SMARTS) is 1. The molecule has 21 heavy (non-hydrogen) atoms. The molecule has 0 aliphatic heterocycles. The molecule has 1 aromatic carbocycles. The molecule has 0 spiro atoms. The number of rotatable bonds is 7. The predicted octanol–water partition coefficient (Wildman–Crippen LogP) is 3.16. The second-order valence-corrected chi connectivity index (χ2v) is 5.41. The van der Waals surface area contributed by atoms with Crippen LogP contribution in [0.25, 0.3) is 0 Å². The van der Waals surface area contributed by atoms with Crippen LogP contribution in [0.3, 0.4) is 0 Å². The summed E-state index contributed by atoms with van der Waals surface area (Å²) < 4.78 is 0. The van der Waals surface area contributed by atoms with E-state index in [9.17, 15) is 14.7 Å². The summed E-state index contributed by atoms with van der Waals surface area (Å²) in [5, 5.41) is 15.3. The number of carbonyl (C=O) groups is 2. The van der Waals surface area contributed by atoms with Gasteiger partial charge in [-0.15, -0.1) is 0 Å². The van der Waals surface area contributed by atoms with Crippen molar-refractivity contribution in [1.82, 2.24) is 5.32 Å². The SMILES string of the molecule is CCC(CC)(NCC(=O)Nc1c(Cl)cccc1Cl)C(=O)O. The van der Waals surface area contributed by atoms with E-state index in [1.54, 1.807) is 32.0 Å². The van der Waals surface area contributed by atoms with Crippen molar-refractivity contribution < 1.29 is 14.7 Å². The van der Waals surface area contributed by atoms with E-state index in [1.165, 1.54) is 0 Å². The van der Waals surface area contributed by atoms with Crippen molar-refractivity contribution in [2.24, 2.45) is 0 Å². The van der Waals surface area contributed by atoms with Gasteiger partial charge in [-0.05, 0) is 25.0 Å². The van der Waals surface area contributed by atoms with Gasteiger partial charge < -0.3 is 10.4 Å². The van der Waals surface area contributed by atoms with Crippen LogP contribution in [0, 0.1) is 0 Å². The van der Waals surface area contributed by atoms with Crippen LogP contribution in [0.15, 0.2) is 18.2 Å². The molecule has 0 unspecified atom stereocenters. The summed E-state index contributed by atoms with van der Waals surface area (Å²) in [6.45, 7) is 3.37. The van der Waals surface area contributed by atoms with Crippen molar-refractivity contribution in [1.29, 1.82) is 0 Å². The highest BCUT2D eigenvalue weighted by atomic mass is 35.5. The lowest BCUT2D eigenvalue weighted by molar-refractivity contribution is -0.145. The Bertz CT molecular complexity index is 511. The van der Waals surface area contributed by atoms with Gasteiger partial charge in [0.25, 0.3) is 0 Å². The number of anilines is 1. The Morgan fingerprint density at radius 2 is 1.71 bits per heavy atom. The Hall–Kier alpha value is -1.30. The van der Waals surface area contributed by atoms with Gasteiger partial charge in [-0.25, -0.2) is 0 Å². The first-order valence-electron chi connectivity index (χ1n) is 6.58. The van der Waals surface area contributed by atoms with Crippen molar-refractivity contribution in [3.05, 3.63) is 28.2 Å². The molecule has 0 radical (unpaired) electrons. The Labute approximate surface area is 133 Å². The lowest BCUT2D eigenvalue weighted by Gasteiger charge is -2.27. The van der Waals surface area contributed by atoms with Gasteiger partial charge in [-0.1, -0.05) is 43.1 Å². The van der Waals surface area contributed by atoms with Gasteiger partial charge in [0, 0.05) is 0 Å². The van der Waals surface area contributed by atoms with Crippen molar-refractivity contribution in [3.63, 3.8) is 0 Å². The molecule has 1 rings (SSSR count). The van der Waals surface area contributed by atoms with Gasteiger partial charge in [0.05, 0.1) is 22.3 Å². The van der Waals surface area contributed by atoms with Crippen molar-refractivity contribution in [3.8, 4) is 0 Å². The molecule has 0 fully saturated rings. The number of carbonyl (C=O) groups excluding carboxylic acids is 1. The molecule has 5 nitrogen and oxygen atoms in total. The van der Waals surface area contributed by atoms with Crippen molar-refractivity contribution >= 4 is 40.8 Å². The highest BCUT2D eigenvalue weighted by Gasteiger charge is 2.34. The van der Waals surface area contributed by atoms with E-state index in [-0.39, 0.29) is 6.54 Å². The second kappa shape index (κ2) is 7.64. The Balaban J connectivity index is 2.72. The molecular weight excluding hydrogens is 315 g/mol. The summed E-state index contributed by atoms with van der Waals surface area (Å²) >= 11 is 11.9. The molecule has 0 heterocycles. The Morgan fingerprint density at radius 3 is 2.14 bits per heavy atom. The maximum Gasteiger partial charge on any atom is 0.323 e. The highest BCUT2D eigenvalue weighted by molar-refractivity contribution is 6.39. The fraction of sp³-hybridized carbons (Fsp3) is 0.429. The van der Waals surface area contributed by atoms with E-state index >= 15 is 0 Å². The number of para-hydroxylation sites is 1. The number of hydrogen-bond acceptors (Lipinski definition) is 3. The standard InChI is InChI=1S/C14H18Cl2N2O3/c1-3-14(4-2,13(20)21)17-8-11(19)18-12-9(15)6-5-7-10(12)16/h5-7,17H,3-4,8H2,1-2H3,(H,18,19)(H,20,21). The lowest BCUT2D eigenvalue weighted by Crippen LogP contribution is -2.53. The summed E-state index contributed by atoms with van der Waals surface area (Å²) in [5.41, 5.74) is -0.789. The van der Waals surface area contributed by atoms with Crippen LogP contribution >= 0.6 is 23.2 Å². The third kappa shape index (κ3) is 4.33. The second-order valence-electron chi connectivity index (χ2n) is 4.59. The minimum absolute atomic E-state index is 0.143. The first-order chi connectivity index (χ1) is 9.86. The third-order valence-corrected chi connectivity index (χ3v) is 4.06. The van der Waals surface area contributed by atoms with Crippen molar-refractivity contribution in [2.45, 2.75) is 32.2 Å². The molecule has 0 aliphatic rings. The number of benzene rings is 1. The van der Waals surface area contributed by atoms with Crippen LogP contribution in [0.5, 0.6) is 0 Å². The molecule has 7 heteroatoms. The number of carboxylic acids is 1. The van der Waals surface area contributed by atoms with Gasteiger partial charge in [0.1, 0.15) is 5.54 Å². The summed E-state index contributed by atoms with van der Waals surface area (Å²) in [6, 6.07) is 4.88. The van der Waals surface area contributed by atoms with Gasteiger partial charge >= 0.3 is 5.97 Å². The molecule has 1 aromatic rings. The zero-order valence-corrected chi connectivity index (χ0v) is 13.4. The first-order valence-corrected chi connectivity index (χ1v) is 7.34. The van der Waals surface area contributed by atoms with E-state index in [2.05, 4.69) is 10.6 Å². The van der Waals surface area contributed by atoms with E-state index in [0.29, 0.717) is 28.6 Å². The number of halogens is 2. The molecule has 0 saturated carbocycles. The zero-order valence-electron chi connectivity index (χ0n) is 11.9. The molecule has 1 amide bonds. The summed E-state index contributed by atoms with van der Waals surface area (Å²) in [5.74, 6) is -1.38. The number of aliphatic carboxylic acids is 1. The molecule has 0 saturated heterocycles. The highest BCUT2D eigenvalue weighted by Crippen LogP contribution is 2.29. The average Bonchev–Trinajstić information content (AvgIpc) is 2.44. The monoisotopic (exact) mass is 332 g/mol. The smallest absolute Gasteiger partial charge is 0.323 e. The molecular formula is C14H18Cl2N2O3. The fourth-order valence-electron chi connectivity index (χ4n) is 1.93. The number of hydrogen-bond donors (Lipinski definition) is 3. The summed E-state index contributed by atoms with van der Waals surface area (Å²) in [7, 11) is 0. The maximum atomic E-state index is 11.9. The van der Waals surface area contributed by atoms with Crippen LogP contribution in [0.4, 0.5) is 5.69 Å². The van der Waals surface area contributed by atoms with Crippen LogP contribution < -0.4 is 10.6 Å². The van der Waals surface area contributed by atoms with E-state index in [0.717, 1.165) is 0 Å². The van der Waals surface area contributed by atoms with Crippen molar-refractivity contribution in [2.75, 3.05) is 11.9 Å². The topological polar surface area (TPSA) is 78.4 Å². The van der Waals surface area contributed by atoms with Crippen LogP contribution in [0.1, 0.15) is 26.7 Å². The van der Waals surface area contributed by atoms with E-state index < -0.39 is 17.4 Å². The predicted molar refractivity (Wildman–Crippen MR) is 84.0 cm³/mol. The van der Waals surface area contributed by atoms with Gasteiger partial charge in [0.2, 0.25) is 5.91 Å². The molecule has 116 valence electrons. The molecule has 0 atom stereocenters. The Kier molecular flexibility index (Phi) is 6.45. The van der Waals surface area contributed by atoms with Gasteiger partial charge in [-0.3, -0.25) is 14.9 Å². The summed E-state index contributed by atoms with van der Waals surface area (Å²) in [6.07, 6.45) is 0.748. The van der Waals surface area contributed by atoms with Gasteiger partial charge in [0.15, 0.2) is 0 Å². The minimum Gasteiger partial charge on any atom is -0.480 e.